The summed E-state index contributed by atoms with van der Waals surface area (Å²) in [6.07, 6.45) is -2.09. The van der Waals surface area contributed by atoms with Gasteiger partial charge in [0.15, 0.2) is 22.1 Å². The van der Waals surface area contributed by atoms with Crippen molar-refractivity contribution < 1.29 is 40.6 Å². The van der Waals surface area contributed by atoms with Crippen molar-refractivity contribution in [2.45, 2.75) is 17.0 Å². The molecule has 0 aliphatic carbocycles. The van der Waals surface area contributed by atoms with Gasteiger partial charge in [0.05, 0.1) is 17.4 Å². The van der Waals surface area contributed by atoms with Gasteiger partial charge in [0.2, 0.25) is 11.9 Å². The molecule has 1 unspecified atom stereocenters. The molecule has 3 aromatic carbocycles. The molecule has 234 valence electrons. The maximum atomic E-state index is 13.3. The van der Waals surface area contributed by atoms with E-state index in [9.17, 15) is 35.9 Å². The zero-order valence-corrected chi connectivity index (χ0v) is 24.2. The van der Waals surface area contributed by atoms with Crippen LogP contribution in [0.1, 0.15) is 11.5 Å². The number of hydrogen-bond acceptors (Lipinski definition) is 8. The molecule has 0 bridgehead atoms. The monoisotopic (exact) mass is 643 g/mol. The SMILES string of the molecule is CS(=O)(=O)c1cccc(OCC(F)(F)F)c1Nc1nc2ccc(-c3ccc(NC(=O)C(CO)c4ccc(F)cc4)cc3)cn2n1. The number of aliphatic hydroxyl groups excluding tert-OH is 1. The average molecular weight is 644 g/mol. The Kier molecular flexibility index (Phi) is 8.75. The third kappa shape index (κ3) is 7.56. The summed E-state index contributed by atoms with van der Waals surface area (Å²) in [7, 11) is -3.87. The van der Waals surface area contributed by atoms with Crippen LogP contribution in [0.4, 0.5) is 34.9 Å². The molecular weight excluding hydrogens is 618 g/mol. The standard InChI is InChI=1S/C30H25F4N5O5S/c1-45(42,43)25-4-2-3-24(44-17-30(32,33)34)27(25)37-29-36-26-14-9-20(15-39(26)38-29)18-7-12-22(13-8-18)35-28(41)23(16-40)19-5-10-21(31)11-6-19/h2-15,23,40H,16-17H2,1H3,(H,35,41)(H,37,38). The summed E-state index contributed by atoms with van der Waals surface area (Å²) in [5.74, 6) is -2.24. The molecule has 5 rings (SSSR count). The molecule has 0 radical (unpaired) electrons. The highest BCUT2D eigenvalue weighted by Gasteiger charge is 2.30. The van der Waals surface area contributed by atoms with Gasteiger partial charge in [-0.05, 0) is 59.7 Å². The predicted molar refractivity (Wildman–Crippen MR) is 158 cm³/mol. The number of sulfone groups is 1. The van der Waals surface area contributed by atoms with Crippen molar-refractivity contribution in [1.82, 2.24) is 14.6 Å². The maximum Gasteiger partial charge on any atom is 0.422 e. The number of alkyl halides is 3. The Balaban J connectivity index is 1.35. The van der Waals surface area contributed by atoms with Gasteiger partial charge in [0.1, 0.15) is 17.3 Å². The molecule has 1 amide bonds. The van der Waals surface area contributed by atoms with E-state index in [0.717, 1.165) is 11.8 Å². The third-order valence-electron chi connectivity index (χ3n) is 6.60. The number of hydrogen-bond donors (Lipinski definition) is 3. The van der Waals surface area contributed by atoms with Crippen molar-refractivity contribution in [3.8, 4) is 16.9 Å². The largest absolute Gasteiger partial charge is 0.482 e. The lowest BCUT2D eigenvalue weighted by Crippen LogP contribution is -2.23. The maximum absolute atomic E-state index is 13.3. The van der Waals surface area contributed by atoms with Crippen LogP contribution in [-0.4, -0.2) is 59.7 Å². The number of fused-ring (bicyclic) bond motifs is 1. The highest BCUT2D eigenvalue weighted by molar-refractivity contribution is 7.90. The second kappa shape index (κ2) is 12.5. The first kappa shape index (κ1) is 31.4. The molecule has 0 spiro atoms. The van der Waals surface area contributed by atoms with Gasteiger partial charge in [-0.3, -0.25) is 4.79 Å². The molecule has 2 aromatic heterocycles. The van der Waals surface area contributed by atoms with E-state index in [1.165, 1.54) is 47.0 Å². The number of halogens is 4. The number of ether oxygens (including phenoxy) is 1. The van der Waals surface area contributed by atoms with Crippen LogP contribution < -0.4 is 15.4 Å². The van der Waals surface area contributed by atoms with Crippen LogP contribution in [0.2, 0.25) is 0 Å². The minimum atomic E-state index is -4.65. The molecule has 1 atom stereocenters. The van der Waals surface area contributed by atoms with E-state index in [0.29, 0.717) is 22.5 Å². The van der Waals surface area contributed by atoms with E-state index in [4.69, 9.17) is 4.74 Å². The average Bonchev–Trinajstić information content (AvgIpc) is 3.39. The van der Waals surface area contributed by atoms with Gasteiger partial charge >= 0.3 is 6.18 Å². The number of amides is 1. The van der Waals surface area contributed by atoms with Crippen LogP contribution in [0.25, 0.3) is 16.8 Å². The smallest absolute Gasteiger partial charge is 0.422 e. The Morgan fingerprint density at radius 1 is 1.00 bits per heavy atom. The number of para-hydroxylation sites is 1. The summed E-state index contributed by atoms with van der Waals surface area (Å²) in [6, 6.07) is 19.2. The summed E-state index contributed by atoms with van der Waals surface area (Å²) >= 11 is 0. The van der Waals surface area contributed by atoms with Gasteiger partial charge in [-0.1, -0.05) is 30.3 Å². The lowest BCUT2D eigenvalue weighted by Gasteiger charge is -2.15. The number of benzene rings is 3. The second-order valence-electron chi connectivity index (χ2n) is 9.94. The Morgan fingerprint density at radius 2 is 1.69 bits per heavy atom. The van der Waals surface area contributed by atoms with Crippen LogP contribution >= 0.6 is 0 Å². The minimum absolute atomic E-state index is 0.0854. The van der Waals surface area contributed by atoms with Crippen LogP contribution in [-0.2, 0) is 14.6 Å². The third-order valence-corrected chi connectivity index (χ3v) is 7.74. The Labute approximate surface area is 254 Å². The number of nitrogens with one attached hydrogen (secondary N) is 2. The van der Waals surface area contributed by atoms with Crippen LogP contribution in [0, 0.1) is 5.82 Å². The molecule has 45 heavy (non-hydrogen) atoms. The molecule has 0 aliphatic heterocycles. The molecule has 0 aliphatic rings. The molecule has 0 saturated heterocycles. The zero-order chi connectivity index (χ0) is 32.4. The number of aromatic nitrogens is 3. The van der Waals surface area contributed by atoms with E-state index in [1.807, 2.05) is 0 Å². The molecule has 2 heterocycles. The van der Waals surface area contributed by atoms with E-state index < -0.39 is 46.9 Å². The highest BCUT2D eigenvalue weighted by Crippen LogP contribution is 2.35. The van der Waals surface area contributed by atoms with Crippen LogP contribution in [0.5, 0.6) is 5.75 Å². The minimum Gasteiger partial charge on any atom is -0.482 e. The van der Waals surface area contributed by atoms with Gasteiger partial charge in [0, 0.05) is 23.7 Å². The number of carbonyl (C=O) groups is 1. The van der Waals surface area contributed by atoms with Gasteiger partial charge in [-0.15, -0.1) is 5.10 Å². The lowest BCUT2D eigenvalue weighted by atomic mass is 9.99. The van der Waals surface area contributed by atoms with E-state index in [2.05, 4.69) is 20.7 Å². The summed E-state index contributed by atoms with van der Waals surface area (Å²) in [5.41, 5.74) is 2.49. The fourth-order valence-corrected chi connectivity index (χ4v) is 5.30. The number of nitrogens with zero attached hydrogens (tertiary/aromatic N) is 3. The summed E-state index contributed by atoms with van der Waals surface area (Å²) < 4.78 is 82.7. The van der Waals surface area contributed by atoms with E-state index in [1.54, 1.807) is 42.6 Å². The van der Waals surface area contributed by atoms with Gasteiger partial charge < -0.3 is 20.5 Å². The van der Waals surface area contributed by atoms with Crippen molar-refractivity contribution in [2.24, 2.45) is 0 Å². The molecule has 0 fully saturated rings. The van der Waals surface area contributed by atoms with Crippen molar-refractivity contribution >= 4 is 38.7 Å². The molecule has 0 saturated carbocycles. The Bertz CT molecular complexity index is 1950. The van der Waals surface area contributed by atoms with Gasteiger partial charge in [-0.2, -0.15) is 18.2 Å². The molecule has 5 aromatic rings. The summed E-state index contributed by atoms with van der Waals surface area (Å²) in [6.45, 7) is -2.10. The normalized spacial score (nSPS) is 12.6. The first-order valence-electron chi connectivity index (χ1n) is 13.2. The second-order valence-corrected chi connectivity index (χ2v) is 11.9. The highest BCUT2D eigenvalue weighted by atomic mass is 32.2. The number of rotatable bonds is 10. The van der Waals surface area contributed by atoms with Crippen molar-refractivity contribution in [2.75, 3.05) is 30.1 Å². The van der Waals surface area contributed by atoms with Gasteiger partial charge in [0.25, 0.3) is 0 Å². The topological polar surface area (TPSA) is 135 Å². The first-order valence-corrected chi connectivity index (χ1v) is 15.1. The molecule has 10 nitrogen and oxygen atoms in total. The molecule has 3 N–H and O–H groups in total. The van der Waals surface area contributed by atoms with Crippen LogP contribution in [0.3, 0.4) is 0 Å². The van der Waals surface area contributed by atoms with Crippen LogP contribution in [0.15, 0.2) is 90.0 Å². The Morgan fingerprint density at radius 3 is 2.33 bits per heavy atom. The molecular formula is C30H25F4N5O5S. The van der Waals surface area contributed by atoms with E-state index >= 15 is 0 Å². The number of aliphatic hydroxyl groups is 1. The number of pyridine rings is 1. The molecule has 15 heteroatoms. The van der Waals surface area contributed by atoms with Crippen molar-refractivity contribution in [1.29, 1.82) is 0 Å². The predicted octanol–water partition coefficient (Wildman–Crippen LogP) is 5.34. The Hall–Kier alpha value is -5.02. The fourth-order valence-electron chi connectivity index (χ4n) is 4.45. The number of carbonyl (C=O) groups excluding carboxylic acids is 1. The fraction of sp³-hybridized carbons (Fsp3) is 0.167. The summed E-state index contributed by atoms with van der Waals surface area (Å²) in [5, 5.41) is 19.5. The van der Waals surface area contributed by atoms with E-state index in [-0.39, 0.29) is 22.3 Å². The van der Waals surface area contributed by atoms with Crippen molar-refractivity contribution in [3.05, 3.63) is 96.4 Å². The quantitative estimate of drug-likeness (QED) is 0.174. The number of anilines is 3. The van der Waals surface area contributed by atoms with Crippen molar-refractivity contribution in [3.63, 3.8) is 0 Å². The van der Waals surface area contributed by atoms with Gasteiger partial charge in [-0.25, -0.2) is 17.3 Å². The lowest BCUT2D eigenvalue weighted by molar-refractivity contribution is -0.153. The first-order chi connectivity index (χ1) is 21.3. The zero-order valence-electron chi connectivity index (χ0n) is 23.4. The summed E-state index contributed by atoms with van der Waals surface area (Å²) in [4.78, 5) is 16.8.